The van der Waals surface area contributed by atoms with Crippen molar-refractivity contribution in [2.24, 2.45) is 0 Å². The number of nitrogens with one attached hydrogen (secondary N) is 1. The Kier molecular flexibility index (Phi) is 5.26. The molecule has 0 atom stereocenters. The molecule has 0 radical (unpaired) electrons. The normalized spacial score (nSPS) is 12.2. The molecule has 7 heteroatoms. The van der Waals surface area contributed by atoms with Crippen LogP contribution in [-0.2, 0) is 4.74 Å². The molecule has 1 aliphatic rings. The Morgan fingerprint density at radius 1 is 1.12 bits per heavy atom. The molecule has 0 unspecified atom stereocenters. The van der Waals surface area contributed by atoms with E-state index < -0.39 is 5.97 Å². The molecule has 0 bridgehead atoms. The fraction of sp³-hybridized carbons (Fsp3) is 0.263. The van der Waals surface area contributed by atoms with Crippen LogP contribution in [0.3, 0.4) is 0 Å². The lowest BCUT2D eigenvalue weighted by Crippen LogP contribution is -2.18. The van der Waals surface area contributed by atoms with E-state index in [0.29, 0.717) is 47.3 Å². The monoisotopic (exact) mass is 357 g/mol. The summed E-state index contributed by atoms with van der Waals surface area (Å²) in [5.74, 6) is 0.569. The Balaban J connectivity index is 1.82. The van der Waals surface area contributed by atoms with Gasteiger partial charge in [-0.15, -0.1) is 0 Å². The molecule has 136 valence electrons. The number of rotatable bonds is 5. The molecule has 1 N–H and O–H groups in total. The zero-order valence-electron chi connectivity index (χ0n) is 14.5. The summed E-state index contributed by atoms with van der Waals surface area (Å²) in [5.41, 5.74) is 1.20. The molecular weight excluding hydrogens is 338 g/mol. The fourth-order valence-corrected chi connectivity index (χ4v) is 2.55. The van der Waals surface area contributed by atoms with Crippen LogP contribution >= 0.6 is 0 Å². The first kappa shape index (κ1) is 17.6. The van der Waals surface area contributed by atoms with Gasteiger partial charge in [-0.1, -0.05) is 6.07 Å². The van der Waals surface area contributed by atoms with Crippen molar-refractivity contribution >= 4 is 17.6 Å². The molecular formula is C19H19NO6. The SMILES string of the molecule is CCOC(=O)c1cccc(NC(=O)c2cc(OC)c3c(c2)OCCO3)c1. The molecule has 1 aliphatic heterocycles. The van der Waals surface area contributed by atoms with E-state index in [2.05, 4.69) is 5.32 Å². The van der Waals surface area contributed by atoms with Crippen molar-refractivity contribution in [3.8, 4) is 17.2 Å². The van der Waals surface area contributed by atoms with E-state index in [0.717, 1.165) is 0 Å². The number of amides is 1. The van der Waals surface area contributed by atoms with Gasteiger partial charge < -0.3 is 24.3 Å². The Labute approximate surface area is 150 Å². The van der Waals surface area contributed by atoms with E-state index in [4.69, 9.17) is 18.9 Å². The minimum Gasteiger partial charge on any atom is -0.493 e. The number of hydrogen-bond acceptors (Lipinski definition) is 6. The lowest BCUT2D eigenvalue weighted by Gasteiger charge is -2.21. The standard InChI is InChI=1S/C19H19NO6/c1-3-24-19(22)12-5-4-6-14(9-12)20-18(21)13-10-15(23-2)17-16(11-13)25-7-8-26-17/h4-6,9-11H,3,7-8H2,1-2H3,(H,20,21). The van der Waals surface area contributed by atoms with Crippen LogP contribution in [0.15, 0.2) is 36.4 Å². The number of benzene rings is 2. The van der Waals surface area contributed by atoms with Crippen molar-refractivity contribution in [1.29, 1.82) is 0 Å². The van der Waals surface area contributed by atoms with E-state index >= 15 is 0 Å². The van der Waals surface area contributed by atoms with E-state index in [1.165, 1.54) is 7.11 Å². The number of anilines is 1. The largest absolute Gasteiger partial charge is 0.493 e. The number of carbonyl (C=O) groups is 2. The first-order chi connectivity index (χ1) is 12.6. The van der Waals surface area contributed by atoms with Gasteiger partial charge in [0.25, 0.3) is 5.91 Å². The minimum atomic E-state index is -0.440. The van der Waals surface area contributed by atoms with E-state index in [-0.39, 0.29) is 12.5 Å². The Bertz CT molecular complexity index is 816. The summed E-state index contributed by atoms with van der Waals surface area (Å²) in [7, 11) is 1.50. The lowest BCUT2D eigenvalue weighted by molar-refractivity contribution is 0.0526. The molecule has 2 aromatic rings. The maximum atomic E-state index is 12.6. The third kappa shape index (κ3) is 3.72. The molecule has 26 heavy (non-hydrogen) atoms. The van der Waals surface area contributed by atoms with Gasteiger partial charge in [-0.05, 0) is 37.3 Å². The Hall–Kier alpha value is -3.22. The van der Waals surface area contributed by atoms with Gasteiger partial charge in [0.1, 0.15) is 13.2 Å². The van der Waals surface area contributed by atoms with Gasteiger partial charge in [0.05, 0.1) is 19.3 Å². The highest BCUT2D eigenvalue weighted by Crippen LogP contribution is 2.40. The zero-order chi connectivity index (χ0) is 18.5. The summed E-state index contributed by atoms with van der Waals surface area (Å²) in [5, 5.41) is 2.76. The van der Waals surface area contributed by atoms with Crippen LogP contribution in [0.2, 0.25) is 0 Å². The molecule has 0 aliphatic carbocycles. The highest BCUT2D eigenvalue weighted by Gasteiger charge is 2.21. The molecule has 1 heterocycles. The predicted octanol–water partition coefficient (Wildman–Crippen LogP) is 2.90. The minimum absolute atomic E-state index is 0.284. The van der Waals surface area contributed by atoms with E-state index in [1.54, 1.807) is 43.3 Å². The van der Waals surface area contributed by atoms with E-state index in [9.17, 15) is 9.59 Å². The first-order valence-corrected chi connectivity index (χ1v) is 8.18. The molecule has 0 spiro atoms. The summed E-state index contributed by atoms with van der Waals surface area (Å²) in [6.45, 7) is 2.85. The van der Waals surface area contributed by atoms with Crippen LogP contribution in [0.1, 0.15) is 27.6 Å². The lowest BCUT2D eigenvalue weighted by atomic mass is 10.1. The number of fused-ring (bicyclic) bond motifs is 1. The van der Waals surface area contributed by atoms with Crippen molar-refractivity contribution in [3.63, 3.8) is 0 Å². The van der Waals surface area contributed by atoms with Gasteiger partial charge in [-0.3, -0.25) is 4.79 Å². The third-order valence-corrected chi connectivity index (χ3v) is 3.72. The number of methoxy groups -OCH3 is 1. The molecule has 7 nitrogen and oxygen atoms in total. The van der Waals surface area contributed by atoms with Crippen LogP contribution in [0.25, 0.3) is 0 Å². The highest BCUT2D eigenvalue weighted by molar-refractivity contribution is 6.05. The Morgan fingerprint density at radius 3 is 2.69 bits per heavy atom. The summed E-state index contributed by atoms with van der Waals surface area (Å²) >= 11 is 0. The van der Waals surface area contributed by atoms with Crippen molar-refractivity contribution < 1.29 is 28.5 Å². The van der Waals surface area contributed by atoms with Crippen molar-refractivity contribution in [2.75, 3.05) is 32.2 Å². The van der Waals surface area contributed by atoms with Crippen molar-refractivity contribution in [2.45, 2.75) is 6.92 Å². The molecule has 0 saturated carbocycles. The van der Waals surface area contributed by atoms with Crippen LogP contribution in [0.5, 0.6) is 17.2 Å². The smallest absolute Gasteiger partial charge is 0.338 e. The predicted molar refractivity (Wildman–Crippen MR) is 94.3 cm³/mol. The van der Waals surface area contributed by atoms with Crippen LogP contribution in [-0.4, -0.2) is 38.8 Å². The number of carbonyl (C=O) groups excluding carboxylic acids is 2. The van der Waals surface area contributed by atoms with Gasteiger partial charge in [-0.2, -0.15) is 0 Å². The number of ether oxygens (including phenoxy) is 4. The second-order valence-corrected chi connectivity index (χ2v) is 5.46. The summed E-state index contributed by atoms with van der Waals surface area (Å²) in [6, 6.07) is 9.73. The zero-order valence-corrected chi connectivity index (χ0v) is 14.5. The van der Waals surface area contributed by atoms with Gasteiger partial charge >= 0.3 is 5.97 Å². The van der Waals surface area contributed by atoms with Crippen LogP contribution in [0.4, 0.5) is 5.69 Å². The molecule has 0 fully saturated rings. The summed E-state index contributed by atoms with van der Waals surface area (Å²) in [6.07, 6.45) is 0. The molecule has 3 rings (SSSR count). The van der Waals surface area contributed by atoms with Gasteiger partial charge in [0.2, 0.25) is 5.75 Å². The van der Waals surface area contributed by atoms with Crippen LogP contribution < -0.4 is 19.5 Å². The summed E-state index contributed by atoms with van der Waals surface area (Å²) in [4.78, 5) is 24.4. The van der Waals surface area contributed by atoms with Crippen LogP contribution in [0, 0.1) is 0 Å². The third-order valence-electron chi connectivity index (χ3n) is 3.72. The first-order valence-electron chi connectivity index (χ1n) is 8.18. The topological polar surface area (TPSA) is 83.1 Å². The number of esters is 1. The number of hydrogen-bond donors (Lipinski definition) is 1. The van der Waals surface area contributed by atoms with Gasteiger partial charge in [-0.25, -0.2) is 4.79 Å². The molecule has 2 aromatic carbocycles. The van der Waals surface area contributed by atoms with E-state index in [1.807, 2.05) is 0 Å². The van der Waals surface area contributed by atoms with Gasteiger partial charge in [0.15, 0.2) is 11.5 Å². The second kappa shape index (κ2) is 7.77. The van der Waals surface area contributed by atoms with Gasteiger partial charge in [0, 0.05) is 11.3 Å². The maximum Gasteiger partial charge on any atom is 0.338 e. The maximum absolute atomic E-state index is 12.6. The quantitative estimate of drug-likeness (QED) is 0.829. The van der Waals surface area contributed by atoms with Crippen molar-refractivity contribution in [1.82, 2.24) is 0 Å². The average molecular weight is 357 g/mol. The fourth-order valence-electron chi connectivity index (χ4n) is 2.55. The molecule has 0 aromatic heterocycles. The molecule has 0 saturated heterocycles. The second-order valence-electron chi connectivity index (χ2n) is 5.46. The average Bonchev–Trinajstić information content (AvgIpc) is 2.67. The highest BCUT2D eigenvalue weighted by atomic mass is 16.6. The molecule has 1 amide bonds. The summed E-state index contributed by atoms with van der Waals surface area (Å²) < 4.78 is 21.3. The Morgan fingerprint density at radius 2 is 1.92 bits per heavy atom. The van der Waals surface area contributed by atoms with Crippen molar-refractivity contribution in [3.05, 3.63) is 47.5 Å².